The molecule has 1 saturated heterocycles. The molecule has 3 rings (SSSR count). The number of rotatable bonds is 7. The average molecular weight is 379 g/mol. The Labute approximate surface area is 152 Å². The summed E-state index contributed by atoms with van der Waals surface area (Å²) in [6.45, 7) is 2.48. The Bertz CT molecular complexity index is 860. The number of hydrogen-bond acceptors (Lipinski definition) is 5. The quantitative estimate of drug-likeness (QED) is 0.498. The number of primary amides is 2. The van der Waals surface area contributed by atoms with Crippen LogP contribution in [-0.2, 0) is 27.1 Å². The first kappa shape index (κ1) is 18.5. The molecule has 2 amide bonds. The van der Waals surface area contributed by atoms with E-state index in [1.165, 1.54) is 0 Å². The predicted octanol–water partition coefficient (Wildman–Crippen LogP) is -0.803. The van der Waals surface area contributed by atoms with Crippen LogP contribution in [0.1, 0.15) is 16.1 Å². The van der Waals surface area contributed by atoms with Crippen molar-refractivity contribution in [3.05, 3.63) is 29.5 Å². The summed E-state index contributed by atoms with van der Waals surface area (Å²) < 4.78 is 20.1. The average Bonchev–Trinajstić information content (AvgIpc) is 3.00. The Hall–Kier alpha value is -2.27. The van der Waals surface area contributed by atoms with Crippen LogP contribution < -0.4 is 16.8 Å². The van der Waals surface area contributed by atoms with Crippen molar-refractivity contribution in [1.82, 2.24) is 14.6 Å². The van der Waals surface area contributed by atoms with Gasteiger partial charge in [-0.3, -0.25) is 9.59 Å². The largest absolute Gasteiger partial charge is 0.379 e. The number of aromatic nitrogens is 1. The zero-order chi connectivity index (χ0) is 18.7. The van der Waals surface area contributed by atoms with Crippen molar-refractivity contribution in [2.45, 2.75) is 11.4 Å². The zero-order valence-corrected chi connectivity index (χ0v) is 14.9. The van der Waals surface area contributed by atoms with Crippen LogP contribution in [0.25, 0.3) is 10.9 Å². The van der Waals surface area contributed by atoms with E-state index in [1.807, 2.05) is 12.1 Å². The number of benzene rings is 1. The topological polar surface area (TPSA) is 144 Å². The number of hydrogen-bond donors (Lipinski definition) is 4. The van der Waals surface area contributed by atoms with Gasteiger partial charge < -0.3 is 26.5 Å². The Morgan fingerprint density at radius 2 is 2.00 bits per heavy atom. The molecule has 0 aliphatic carbocycles. The Balaban J connectivity index is 1.97. The zero-order valence-electron chi connectivity index (χ0n) is 14.1. The van der Waals surface area contributed by atoms with Gasteiger partial charge in [0, 0.05) is 30.5 Å². The van der Waals surface area contributed by atoms with Crippen LogP contribution >= 0.6 is 0 Å². The molecule has 0 radical (unpaired) electrons. The SMILES string of the molecule is NC(=O)CNCc1ccc2[nH]c(C(N)=O)c(S(=O)N3CCOCC3)c2c1. The highest BCUT2D eigenvalue weighted by Crippen LogP contribution is 2.28. The molecule has 1 atom stereocenters. The van der Waals surface area contributed by atoms with E-state index < -0.39 is 22.8 Å². The minimum absolute atomic E-state index is 0.0598. The second-order valence-electron chi connectivity index (χ2n) is 5.93. The lowest BCUT2D eigenvalue weighted by Gasteiger charge is -2.25. The lowest BCUT2D eigenvalue weighted by atomic mass is 10.1. The van der Waals surface area contributed by atoms with E-state index in [4.69, 9.17) is 16.2 Å². The maximum atomic E-state index is 13.1. The fraction of sp³-hybridized carbons (Fsp3) is 0.375. The van der Waals surface area contributed by atoms with Crippen molar-refractivity contribution in [3.63, 3.8) is 0 Å². The van der Waals surface area contributed by atoms with Crippen molar-refractivity contribution < 1.29 is 18.5 Å². The van der Waals surface area contributed by atoms with Gasteiger partial charge in [0.1, 0.15) is 16.7 Å². The van der Waals surface area contributed by atoms with E-state index in [0.717, 1.165) is 5.56 Å². The number of ether oxygens (including phenoxy) is 1. The number of fused-ring (bicyclic) bond motifs is 1. The molecule has 9 nitrogen and oxygen atoms in total. The lowest BCUT2D eigenvalue weighted by Crippen LogP contribution is -2.38. The fourth-order valence-electron chi connectivity index (χ4n) is 2.85. The van der Waals surface area contributed by atoms with Crippen molar-refractivity contribution in [2.75, 3.05) is 32.8 Å². The summed E-state index contributed by atoms with van der Waals surface area (Å²) in [7, 11) is -1.54. The summed E-state index contributed by atoms with van der Waals surface area (Å²) in [6.07, 6.45) is 0. The van der Waals surface area contributed by atoms with Gasteiger partial charge in [0.2, 0.25) is 5.91 Å². The standard InChI is InChI=1S/C16H21N5O4S/c17-13(22)9-19-8-10-1-2-12-11(7-10)15(14(20-12)16(18)23)26(24)21-3-5-25-6-4-21/h1-2,7,19-20H,3-6,8-9H2,(H2,17,22)(H2,18,23). The molecule has 6 N–H and O–H groups in total. The molecule has 1 aliphatic heterocycles. The van der Waals surface area contributed by atoms with E-state index in [1.54, 1.807) is 10.4 Å². The van der Waals surface area contributed by atoms with Crippen LogP contribution in [0.5, 0.6) is 0 Å². The Morgan fingerprint density at radius 1 is 1.27 bits per heavy atom. The van der Waals surface area contributed by atoms with Gasteiger partial charge in [-0.1, -0.05) is 6.07 Å². The smallest absolute Gasteiger partial charge is 0.266 e. The number of amides is 2. The summed E-state index contributed by atoms with van der Waals surface area (Å²) in [6, 6.07) is 5.47. The molecule has 1 unspecified atom stereocenters. The summed E-state index contributed by atoms with van der Waals surface area (Å²) in [5.74, 6) is -1.11. The molecular weight excluding hydrogens is 358 g/mol. The molecular formula is C16H21N5O4S. The second-order valence-corrected chi connectivity index (χ2v) is 7.36. The molecule has 140 valence electrons. The number of H-pyrrole nitrogens is 1. The summed E-state index contributed by atoms with van der Waals surface area (Å²) >= 11 is 0. The van der Waals surface area contributed by atoms with Crippen LogP contribution in [0.4, 0.5) is 0 Å². The third-order valence-electron chi connectivity index (χ3n) is 4.07. The minimum atomic E-state index is -1.54. The van der Waals surface area contributed by atoms with Crippen molar-refractivity contribution in [2.24, 2.45) is 11.5 Å². The number of carbonyl (C=O) groups is 2. The highest BCUT2D eigenvalue weighted by Gasteiger charge is 2.26. The minimum Gasteiger partial charge on any atom is -0.379 e. The van der Waals surface area contributed by atoms with Gasteiger partial charge in [-0.15, -0.1) is 0 Å². The number of carbonyl (C=O) groups excluding carboxylic acids is 2. The first-order valence-electron chi connectivity index (χ1n) is 8.15. The number of aromatic amines is 1. The maximum Gasteiger partial charge on any atom is 0.266 e. The molecule has 0 spiro atoms. The number of nitrogens with one attached hydrogen (secondary N) is 2. The summed E-state index contributed by atoms with van der Waals surface area (Å²) in [5, 5.41) is 3.60. The van der Waals surface area contributed by atoms with E-state index >= 15 is 0 Å². The van der Waals surface area contributed by atoms with E-state index in [-0.39, 0.29) is 12.2 Å². The molecule has 26 heavy (non-hydrogen) atoms. The normalized spacial score (nSPS) is 16.6. The molecule has 2 heterocycles. The lowest BCUT2D eigenvalue weighted by molar-refractivity contribution is -0.117. The summed E-state index contributed by atoms with van der Waals surface area (Å²) in [5.41, 5.74) is 12.3. The van der Waals surface area contributed by atoms with Crippen molar-refractivity contribution in [1.29, 1.82) is 0 Å². The molecule has 1 aromatic heterocycles. The maximum absolute atomic E-state index is 13.1. The van der Waals surface area contributed by atoms with Crippen LogP contribution in [0.2, 0.25) is 0 Å². The van der Waals surface area contributed by atoms with Gasteiger partial charge in [-0.25, -0.2) is 8.51 Å². The van der Waals surface area contributed by atoms with Crippen LogP contribution in [0, 0.1) is 0 Å². The van der Waals surface area contributed by atoms with Crippen LogP contribution in [0.15, 0.2) is 23.1 Å². The van der Waals surface area contributed by atoms with E-state index in [0.29, 0.717) is 48.6 Å². The molecule has 2 aromatic rings. The Kier molecular flexibility index (Phi) is 5.67. The third-order valence-corrected chi connectivity index (χ3v) is 5.68. The van der Waals surface area contributed by atoms with Crippen LogP contribution in [-0.4, -0.2) is 58.2 Å². The first-order valence-corrected chi connectivity index (χ1v) is 9.26. The van der Waals surface area contributed by atoms with Gasteiger partial charge in [-0.2, -0.15) is 0 Å². The molecule has 0 bridgehead atoms. The summed E-state index contributed by atoms with van der Waals surface area (Å²) in [4.78, 5) is 26.1. The van der Waals surface area contributed by atoms with Gasteiger partial charge in [0.25, 0.3) is 5.91 Å². The van der Waals surface area contributed by atoms with Crippen LogP contribution in [0.3, 0.4) is 0 Å². The van der Waals surface area contributed by atoms with Gasteiger partial charge in [-0.05, 0) is 17.7 Å². The third kappa shape index (κ3) is 3.93. The monoisotopic (exact) mass is 379 g/mol. The van der Waals surface area contributed by atoms with Gasteiger partial charge in [0.05, 0.1) is 24.7 Å². The Morgan fingerprint density at radius 3 is 2.65 bits per heavy atom. The fourth-order valence-corrected chi connectivity index (χ4v) is 4.27. The van der Waals surface area contributed by atoms with E-state index in [9.17, 15) is 13.8 Å². The van der Waals surface area contributed by atoms with Gasteiger partial charge in [0.15, 0.2) is 0 Å². The number of nitrogens with zero attached hydrogens (tertiary/aromatic N) is 1. The molecule has 1 aliphatic rings. The van der Waals surface area contributed by atoms with Crippen molar-refractivity contribution >= 4 is 33.7 Å². The highest BCUT2D eigenvalue weighted by molar-refractivity contribution is 7.83. The first-order chi connectivity index (χ1) is 12.5. The van der Waals surface area contributed by atoms with E-state index in [2.05, 4.69) is 10.3 Å². The number of morpholine rings is 1. The second kappa shape index (κ2) is 7.96. The van der Waals surface area contributed by atoms with Crippen molar-refractivity contribution in [3.8, 4) is 0 Å². The predicted molar refractivity (Wildman–Crippen MR) is 96.5 cm³/mol. The molecule has 0 saturated carbocycles. The highest BCUT2D eigenvalue weighted by atomic mass is 32.2. The number of nitrogens with two attached hydrogens (primary N) is 2. The molecule has 1 fully saturated rings. The van der Waals surface area contributed by atoms with Gasteiger partial charge >= 0.3 is 0 Å². The molecule has 1 aromatic carbocycles. The molecule has 10 heteroatoms.